The molecule has 0 spiro atoms. The molecule has 0 amide bonds. The first kappa shape index (κ1) is 18.0. The van der Waals surface area contributed by atoms with Crippen molar-refractivity contribution in [1.82, 2.24) is 24.4 Å². The lowest BCUT2D eigenvalue weighted by atomic mass is 9.84. The molecular formula is C20H27N5O2. The minimum Gasteiger partial charge on any atom is -0.464 e. The number of imidazole rings is 1. The van der Waals surface area contributed by atoms with Gasteiger partial charge in [0.05, 0.1) is 18.0 Å². The summed E-state index contributed by atoms with van der Waals surface area (Å²) in [7, 11) is 3.96. The molecule has 0 bridgehead atoms. The minimum atomic E-state index is -0.0616. The normalized spacial score (nSPS) is 20.6. The van der Waals surface area contributed by atoms with E-state index in [2.05, 4.69) is 25.6 Å². The van der Waals surface area contributed by atoms with Crippen LogP contribution in [-0.4, -0.2) is 57.6 Å². The van der Waals surface area contributed by atoms with E-state index in [9.17, 15) is 4.79 Å². The first-order chi connectivity index (χ1) is 13.1. The number of carbonyl (C=O) groups excluding carboxylic acids is 1. The molecule has 1 fully saturated rings. The van der Waals surface area contributed by atoms with Crippen LogP contribution in [0.5, 0.6) is 0 Å². The Hall–Kier alpha value is -2.41. The summed E-state index contributed by atoms with van der Waals surface area (Å²) in [6.45, 7) is 1.25. The van der Waals surface area contributed by atoms with E-state index in [1.165, 1.54) is 0 Å². The number of hydrogen-bond donors (Lipinski definition) is 1. The molecule has 7 heteroatoms. The molecule has 3 aromatic rings. The number of carbonyl (C=O) groups is 1. The van der Waals surface area contributed by atoms with Gasteiger partial charge in [0, 0.05) is 30.6 Å². The summed E-state index contributed by atoms with van der Waals surface area (Å²) in [5, 5.41) is 1.12. The molecule has 4 rings (SSSR count). The van der Waals surface area contributed by atoms with Gasteiger partial charge in [0.1, 0.15) is 17.8 Å². The van der Waals surface area contributed by atoms with Crippen LogP contribution in [0.25, 0.3) is 22.1 Å². The molecular weight excluding hydrogens is 342 g/mol. The largest absolute Gasteiger partial charge is 0.464 e. The van der Waals surface area contributed by atoms with Crippen molar-refractivity contribution in [2.24, 2.45) is 5.92 Å². The number of pyridine rings is 1. The Morgan fingerprint density at radius 2 is 2.11 bits per heavy atom. The molecule has 0 saturated heterocycles. The second-order valence-corrected chi connectivity index (χ2v) is 7.79. The van der Waals surface area contributed by atoms with E-state index in [-0.39, 0.29) is 5.97 Å². The van der Waals surface area contributed by atoms with Crippen LogP contribution < -0.4 is 0 Å². The monoisotopic (exact) mass is 369 g/mol. The fourth-order valence-electron chi connectivity index (χ4n) is 4.07. The zero-order chi connectivity index (χ0) is 18.8. The van der Waals surface area contributed by atoms with Crippen LogP contribution in [0.15, 0.2) is 24.8 Å². The molecule has 3 heterocycles. The lowest BCUT2D eigenvalue weighted by Crippen LogP contribution is -2.23. The van der Waals surface area contributed by atoms with Crippen LogP contribution in [-0.2, 0) is 9.53 Å². The zero-order valence-electron chi connectivity index (χ0n) is 16.0. The quantitative estimate of drug-likeness (QED) is 0.676. The number of esters is 1. The van der Waals surface area contributed by atoms with Gasteiger partial charge in [0.25, 0.3) is 0 Å². The molecule has 1 aliphatic carbocycles. The van der Waals surface area contributed by atoms with E-state index in [0.717, 1.165) is 54.3 Å². The third-order valence-electron chi connectivity index (χ3n) is 5.58. The van der Waals surface area contributed by atoms with E-state index >= 15 is 0 Å². The average Bonchev–Trinajstić information content (AvgIpc) is 3.28. The van der Waals surface area contributed by atoms with Crippen molar-refractivity contribution in [3.05, 3.63) is 24.8 Å². The predicted octanol–water partition coefficient (Wildman–Crippen LogP) is 3.14. The summed E-state index contributed by atoms with van der Waals surface area (Å²) in [6, 6.07) is 2.49. The Morgan fingerprint density at radius 3 is 2.89 bits per heavy atom. The molecule has 1 N–H and O–H groups in total. The molecule has 0 radical (unpaired) electrons. The molecule has 1 saturated carbocycles. The van der Waals surface area contributed by atoms with Crippen LogP contribution >= 0.6 is 0 Å². The first-order valence-electron chi connectivity index (χ1n) is 9.71. The Bertz CT molecular complexity index is 921. The molecule has 27 heavy (non-hydrogen) atoms. The molecule has 0 unspecified atom stereocenters. The summed E-state index contributed by atoms with van der Waals surface area (Å²) in [5.74, 6) is 0.366. The number of aromatic nitrogens is 4. The maximum Gasteiger partial charge on any atom is 0.306 e. The highest BCUT2D eigenvalue weighted by molar-refractivity contribution is 6.00. The molecule has 1 aliphatic rings. The standard InChI is InChI=1S/C20H27N5O2/c1-24(2)9-10-27-18(26)11-14-3-5-15(6-4-14)25-13-23-17-12-22-20-16(19(17)25)7-8-21-20/h7-8,12-15H,3-6,9-11H2,1-2H3,(H,21,22). The number of rotatable bonds is 6. The van der Waals surface area contributed by atoms with E-state index < -0.39 is 0 Å². The smallest absolute Gasteiger partial charge is 0.306 e. The summed E-state index contributed by atoms with van der Waals surface area (Å²) >= 11 is 0. The number of likely N-dealkylation sites (N-methyl/N-ethyl adjacent to an activating group) is 1. The summed E-state index contributed by atoms with van der Waals surface area (Å²) < 4.78 is 7.65. The number of nitrogens with one attached hydrogen (secondary N) is 1. The number of fused-ring (bicyclic) bond motifs is 3. The Morgan fingerprint density at radius 1 is 1.30 bits per heavy atom. The number of hydrogen-bond acceptors (Lipinski definition) is 5. The second kappa shape index (κ2) is 7.68. The van der Waals surface area contributed by atoms with Crippen LogP contribution in [0.4, 0.5) is 0 Å². The maximum absolute atomic E-state index is 12.0. The fourth-order valence-corrected chi connectivity index (χ4v) is 4.07. The highest BCUT2D eigenvalue weighted by Gasteiger charge is 2.26. The third kappa shape index (κ3) is 3.83. The third-order valence-corrected chi connectivity index (χ3v) is 5.58. The number of ether oxygens (including phenoxy) is 1. The van der Waals surface area contributed by atoms with Crippen LogP contribution in [0.2, 0.25) is 0 Å². The first-order valence-corrected chi connectivity index (χ1v) is 9.71. The number of nitrogens with zero attached hydrogens (tertiary/aromatic N) is 4. The van der Waals surface area contributed by atoms with E-state index in [1.807, 2.05) is 37.7 Å². The van der Waals surface area contributed by atoms with Crippen LogP contribution in [0.1, 0.15) is 38.1 Å². The van der Waals surface area contributed by atoms with Gasteiger partial charge in [-0.15, -0.1) is 0 Å². The summed E-state index contributed by atoms with van der Waals surface area (Å²) in [4.78, 5) is 26.2. The lowest BCUT2D eigenvalue weighted by Gasteiger charge is -2.29. The van der Waals surface area contributed by atoms with Gasteiger partial charge < -0.3 is 19.2 Å². The van der Waals surface area contributed by atoms with Crippen LogP contribution in [0.3, 0.4) is 0 Å². The minimum absolute atomic E-state index is 0.0616. The maximum atomic E-state index is 12.0. The van der Waals surface area contributed by atoms with E-state index in [1.54, 1.807) is 0 Å². The van der Waals surface area contributed by atoms with Gasteiger partial charge in [-0.2, -0.15) is 0 Å². The van der Waals surface area contributed by atoms with E-state index in [4.69, 9.17) is 4.74 Å². The van der Waals surface area contributed by atoms with Crippen molar-refractivity contribution in [3.8, 4) is 0 Å². The SMILES string of the molecule is CN(C)CCOC(=O)CC1CCC(n2cnc3cnc4[nH]ccc4c32)CC1. The van der Waals surface area contributed by atoms with Gasteiger partial charge in [-0.3, -0.25) is 4.79 Å². The van der Waals surface area contributed by atoms with Crippen molar-refractivity contribution in [2.45, 2.75) is 38.1 Å². The highest BCUT2D eigenvalue weighted by atomic mass is 16.5. The zero-order valence-corrected chi connectivity index (χ0v) is 16.0. The molecule has 0 aliphatic heterocycles. The fraction of sp³-hybridized carbons (Fsp3) is 0.550. The van der Waals surface area contributed by atoms with Gasteiger partial charge in [0.2, 0.25) is 0 Å². The van der Waals surface area contributed by atoms with Crippen molar-refractivity contribution in [1.29, 1.82) is 0 Å². The van der Waals surface area contributed by atoms with Crippen molar-refractivity contribution >= 4 is 28.0 Å². The lowest BCUT2D eigenvalue weighted by molar-refractivity contribution is -0.145. The van der Waals surface area contributed by atoms with Crippen molar-refractivity contribution in [2.75, 3.05) is 27.2 Å². The van der Waals surface area contributed by atoms with Gasteiger partial charge in [-0.1, -0.05) is 0 Å². The molecule has 3 aromatic heterocycles. The van der Waals surface area contributed by atoms with Crippen molar-refractivity contribution < 1.29 is 9.53 Å². The number of H-pyrrole nitrogens is 1. The topological polar surface area (TPSA) is 76.0 Å². The molecule has 0 atom stereocenters. The Kier molecular flexibility index (Phi) is 5.11. The van der Waals surface area contributed by atoms with Gasteiger partial charge in [0.15, 0.2) is 0 Å². The molecule has 7 nitrogen and oxygen atoms in total. The van der Waals surface area contributed by atoms with Crippen LogP contribution in [0, 0.1) is 5.92 Å². The van der Waals surface area contributed by atoms with Gasteiger partial charge >= 0.3 is 5.97 Å². The number of aromatic amines is 1. The Labute approximate surface area is 158 Å². The van der Waals surface area contributed by atoms with Gasteiger partial charge in [-0.05, 0) is 51.8 Å². The van der Waals surface area contributed by atoms with Gasteiger partial charge in [-0.25, -0.2) is 9.97 Å². The summed E-state index contributed by atoms with van der Waals surface area (Å²) in [6.07, 6.45) is 10.5. The summed E-state index contributed by atoms with van der Waals surface area (Å²) in [5.41, 5.74) is 3.00. The average molecular weight is 369 g/mol. The predicted molar refractivity (Wildman–Crippen MR) is 105 cm³/mol. The second-order valence-electron chi connectivity index (χ2n) is 7.79. The molecule has 144 valence electrons. The van der Waals surface area contributed by atoms with Crippen molar-refractivity contribution in [3.63, 3.8) is 0 Å². The highest BCUT2D eigenvalue weighted by Crippen LogP contribution is 2.36. The Balaban J connectivity index is 1.38. The van der Waals surface area contributed by atoms with E-state index in [0.29, 0.717) is 25.0 Å². The molecule has 0 aromatic carbocycles.